The lowest BCUT2D eigenvalue weighted by Gasteiger charge is -2.18. The molecule has 0 spiro atoms. The molecule has 29 heavy (non-hydrogen) atoms. The van der Waals surface area contributed by atoms with Crippen LogP contribution in [0.3, 0.4) is 0 Å². The van der Waals surface area contributed by atoms with Gasteiger partial charge in [0.05, 0.1) is 0 Å². The number of aryl methyl sites for hydroxylation is 2. The number of hydrogen-bond donors (Lipinski definition) is 1. The van der Waals surface area contributed by atoms with Crippen molar-refractivity contribution in [2.24, 2.45) is 4.99 Å². The van der Waals surface area contributed by atoms with E-state index in [4.69, 9.17) is 4.74 Å². The van der Waals surface area contributed by atoms with Crippen molar-refractivity contribution in [2.75, 3.05) is 0 Å². The van der Waals surface area contributed by atoms with Crippen LogP contribution < -0.4 is 9.46 Å². The maximum atomic E-state index is 6.04. The number of hydrogen-bond acceptors (Lipinski definition) is 3. The summed E-state index contributed by atoms with van der Waals surface area (Å²) in [6.45, 7) is 10.6. The largest absolute Gasteiger partial charge is 0.443 e. The minimum atomic E-state index is -0.269. The summed E-state index contributed by atoms with van der Waals surface area (Å²) >= 11 is 0. The molecule has 3 nitrogen and oxygen atoms in total. The summed E-state index contributed by atoms with van der Waals surface area (Å²) < 4.78 is 9.64. The highest BCUT2D eigenvalue weighted by atomic mass is 32.2. The molecule has 2 aromatic rings. The lowest BCUT2D eigenvalue weighted by molar-refractivity contribution is 0.525. The molecule has 0 heterocycles. The first kappa shape index (κ1) is 23.1. The monoisotopic (exact) mass is 410 g/mol. The summed E-state index contributed by atoms with van der Waals surface area (Å²) in [5.74, 6) is 5.91. The second-order valence-corrected chi connectivity index (χ2v) is 8.87. The number of aliphatic imine (C=N–C) groups is 1. The highest BCUT2D eigenvalue weighted by Gasteiger charge is 2.08. The predicted molar refractivity (Wildman–Crippen MR) is 129 cm³/mol. The standard InChI is InChI=1S/C25H34N2OS/c1-7-8-13-25(28-23-16-14-19(2)15-17-23)26-18-21(4)22(5)27-29(6)24-12-10-9-11-20(24)3/h9-12,14-18,22,27H,6-8,13H2,1-5H3/b21-18+,26-25?. The van der Waals surface area contributed by atoms with Gasteiger partial charge in [-0.15, -0.1) is 0 Å². The second-order valence-electron chi connectivity index (χ2n) is 7.41. The van der Waals surface area contributed by atoms with E-state index in [0.29, 0.717) is 0 Å². The van der Waals surface area contributed by atoms with Gasteiger partial charge in [-0.2, -0.15) is 0 Å². The van der Waals surface area contributed by atoms with Gasteiger partial charge in [0.25, 0.3) is 0 Å². The molecular formula is C25H34N2OS. The third kappa shape index (κ3) is 7.64. The van der Waals surface area contributed by atoms with E-state index in [2.05, 4.69) is 86.6 Å². The second kappa shape index (κ2) is 11.7. The molecule has 0 amide bonds. The van der Waals surface area contributed by atoms with Crippen LogP contribution >= 0.6 is 10.7 Å². The normalized spacial score (nSPS) is 14.5. The topological polar surface area (TPSA) is 33.6 Å². The Morgan fingerprint density at radius 1 is 1.17 bits per heavy atom. The van der Waals surface area contributed by atoms with Crippen LogP contribution in [0.4, 0.5) is 0 Å². The zero-order chi connectivity index (χ0) is 21.2. The van der Waals surface area contributed by atoms with Gasteiger partial charge >= 0.3 is 0 Å². The number of ether oxygens (including phenoxy) is 1. The molecule has 2 atom stereocenters. The lowest BCUT2D eigenvalue weighted by atomic mass is 10.2. The first-order valence-electron chi connectivity index (χ1n) is 10.2. The maximum absolute atomic E-state index is 6.04. The molecule has 0 fully saturated rings. The van der Waals surface area contributed by atoms with Crippen molar-refractivity contribution in [3.8, 4) is 5.75 Å². The van der Waals surface area contributed by atoms with Crippen LogP contribution in [0.5, 0.6) is 5.75 Å². The molecule has 0 aromatic heterocycles. The van der Waals surface area contributed by atoms with Gasteiger partial charge < -0.3 is 4.74 Å². The van der Waals surface area contributed by atoms with Gasteiger partial charge in [-0.3, -0.25) is 4.72 Å². The minimum Gasteiger partial charge on any atom is -0.443 e. The van der Waals surface area contributed by atoms with Crippen molar-refractivity contribution < 1.29 is 4.74 Å². The first-order valence-corrected chi connectivity index (χ1v) is 11.6. The number of unbranched alkanes of at least 4 members (excludes halogenated alkanes) is 1. The third-order valence-electron chi connectivity index (χ3n) is 4.77. The summed E-state index contributed by atoms with van der Waals surface area (Å²) in [6.07, 6.45) is 4.92. The van der Waals surface area contributed by atoms with E-state index in [0.717, 1.165) is 36.5 Å². The van der Waals surface area contributed by atoms with Gasteiger partial charge in [0.1, 0.15) is 5.75 Å². The van der Waals surface area contributed by atoms with E-state index in [-0.39, 0.29) is 16.7 Å². The zero-order valence-corrected chi connectivity index (χ0v) is 19.2. The molecule has 4 heteroatoms. The van der Waals surface area contributed by atoms with Crippen LogP contribution in [0.1, 0.15) is 51.2 Å². The molecule has 0 bridgehead atoms. The lowest BCUT2D eigenvalue weighted by Crippen LogP contribution is -2.22. The molecule has 0 saturated carbocycles. The third-order valence-corrected chi connectivity index (χ3v) is 6.40. The van der Waals surface area contributed by atoms with Crippen LogP contribution in [0.25, 0.3) is 0 Å². The molecule has 0 aliphatic heterocycles. The number of benzene rings is 2. The average molecular weight is 411 g/mol. The van der Waals surface area contributed by atoms with Crippen molar-refractivity contribution in [3.05, 3.63) is 71.4 Å². The fourth-order valence-corrected chi connectivity index (χ4v) is 4.14. The van der Waals surface area contributed by atoms with Crippen LogP contribution in [-0.4, -0.2) is 17.8 Å². The summed E-state index contributed by atoms with van der Waals surface area (Å²) in [7, 11) is -0.269. The van der Waals surface area contributed by atoms with Gasteiger partial charge in [0, 0.05) is 23.6 Å². The summed E-state index contributed by atoms with van der Waals surface area (Å²) in [5, 5.41) is 0. The smallest absolute Gasteiger partial charge is 0.194 e. The van der Waals surface area contributed by atoms with Gasteiger partial charge in [-0.25, -0.2) is 4.99 Å². The Labute approximate surface area is 179 Å². The number of nitrogens with zero attached hydrogens (tertiary/aromatic N) is 1. The van der Waals surface area contributed by atoms with Crippen LogP contribution in [0.2, 0.25) is 0 Å². The van der Waals surface area contributed by atoms with Gasteiger partial charge in [0.15, 0.2) is 5.90 Å². The van der Waals surface area contributed by atoms with Crippen molar-refractivity contribution >= 4 is 22.4 Å². The van der Waals surface area contributed by atoms with Crippen molar-refractivity contribution in [1.29, 1.82) is 0 Å². The van der Waals surface area contributed by atoms with E-state index in [1.54, 1.807) is 0 Å². The molecule has 0 radical (unpaired) electrons. The molecule has 0 saturated heterocycles. The molecule has 0 aliphatic carbocycles. The van der Waals surface area contributed by atoms with E-state index < -0.39 is 0 Å². The zero-order valence-electron chi connectivity index (χ0n) is 18.4. The van der Waals surface area contributed by atoms with E-state index >= 15 is 0 Å². The highest BCUT2D eigenvalue weighted by molar-refractivity contribution is 8.12. The summed E-state index contributed by atoms with van der Waals surface area (Å²) in [5.41, 5.74) is 3.64. The van der Waals surface area contributed by atoms with E-state index in [9.17, 15) is 0 Å². The Morgan fingerprint density at radius 2 is 1.86 bits per heavy atom. The predicted octanol–water partition coefficient (Wildman–Crippen LogP) is 6.83. The van der Waals surface area contributed by atoms with Crippen molar-refractivity contribution in [1.82, 2.24) is 4.72 Å². The van der Waals surface area contributed by atoms with Crippen molar-refractivity contribution in [3.63, 3.8) is 0 Å². The SMILES string of the molecule is C=S(NC(C)/C(C)=C/N=C(CCCC)Oc1ccc(C)cc1)c1ccccc1C. The molecule has 0 aliphatic rings. The molecule has 156 valence electrons. The van der Waals surface area contributed by atoms with E-state index in [1.807, 2.05) is 18.3 Å². The average Bonchev–Trinajstić information content (AvgIpc) is 2.71. The molecule has 2 aromatic carbocycles. The fraction of sp³-hybridized carbons (Fsp3) is 0.360. The highest BCUT2D eigenvalue weighted by Crippen LogP contribution is 2.25. The molecule has 2 unspecified atom stereocenters. The number of nitrogens with one attached hydrogen (secondary N) is 1. The Morgan fingerprint density at radius 3 is 2.52 bits per heavy atom. The Bertz CT molecular complexity index is 869. The van der Waals surface area contributed by atoms with Gasteiger partial charge in [0.2, 0.25) is 0 Å². The minimum absolute atomic E-state index is 0.172. The first-order chi connectivity index (χ1) is 13.9. The molecule has 1 N–H and O–H groups in total. The van der Waals surface area contributed by atoms with Crippen LogP contribution in [-0.2, 0) is 0 Å². The summed E-state index contributed by atoms with van der Waals surface area (Å²) in [4.78, 5) is 5.92. The maximum Gasteiger partial charge on any atom is 0.194 e. The molecular weight excluding hydrogens is 376 g/mol. The van der Waals surface area contributed by atoms with Crippen LogP contribution in [0.15, 0.2) is 70.2 Å². The Hall–Kier alpha value is -2.17. The van der Waals surface area contributed by atoms with E-state index in [1.165, 1.54) is 16.0 Å². The van der Waals surface area contributed by atoms with Crippen molar-refractivity contribution in [2.45, 2.75) is 64.8 Å². The fourth-order valence-electron chi connectivity index (χ4n) is 2.70. The molecule has 2 rings (SSSR count). The van der Waals surface area contributed by atoms with Crippen LogP contribution in [0, 0.1) is 13.8 Å². The summed E-state index contributed by atoms with van der Waals surface area (Å²) in [6, 6.07) is 16.7. The van der Waals surface area contributed by atoms with Gasteiger partial charge in [-0.1, -0.05) is 65.8 Å². The Kier molecular flexibility index (Phi) is 9.36. The Balaban J connectivity index is 2.08. The van der Waals surface area contributed by atoms with Gasteiger partial charge in [-0.05, 0) is 63.5 Å². The quantitative estimate of drug-likeness (QED) is 0.279. The number of rotatable bonds is 9.